The van der Waals surface area contributed by atoms with E-state index in [2.05, 4.69) is 18.8 Å². The van der Waals surface area contributed by atoms with Crippen LogP contribution in [0.5, 0.6) is 5.75 Å². The third kappa shape index (κ3) is 3.82. The van der Waals surface area contributed by atoms with Crippen LogP contribution in [-0.2, 0) is 12.8 Å². The number of para-hydroxylation sites is 1. The maximum atomic E-state index is 11.3. The van der Waals surface area contributed by atoms with Gasteiger partial charge in [0.2, 0.25) is 0 Å². The second kappa shape index (κ2) is 6.72. The summed E-state index contributed by atoms with van der Waals surface area (Å²) in [4.78, 5) is 16.2. The number of aromatic nitrogens is 1. The quantitative estimate of drug-likeness (QED) is 0.885. The largest absolute Gasteiger partial charge is 0.496 e. The molecule has 0 unspecified atom stereocenters. The first kappa shape index (κ1) is 15.5. The number of benzene rings is 1. The van der Waals surface area contributed by atoms with Crippen molar-refractivity contribution in [3.8, 4) is 5.75 Å². The molecule has 0 spiro atoms. The highest BCUT2D eigenvalue weighted by Gasteiger charge is 2.18. The van der Waals surface area contributed by atoms with Gasteiger partial charge in [-0.15, -0.1) is 11.3 Å². The molecule has 112 valence electrons. The van der Waals surface area contributed by atoms with Crippen molar-refractivity contribution in [2.75, 3.05) is 7.11 Å². The summed E-state index contributed by atoms with van der Waals surface area (Å²) in [5.41, 5.74) is 1.70. The number of hydrogen-bond donors (Lipinski definition) is 1. The first-order valence-corrected chi connectivity index (χ1v) is 7.66. The number of carbonyl (C=O) groups is 1. The van der Waals surface area contributed by atoms with Gasteiger partial charge in [0.1, 0.15) is 10.6 Å². The Morgan fingerprint density at radius 3 is 2.71 bits per heavy atom. The van der Waals surface area contributed by atoms with Crippen LogP contribution in [0.1, 0.15) is 39.8 Å². The SMILES string of the molecule is COc1ccccc1Cc1nc(CC(C)C)c(C(=O)O)s1. The predicted molar refractivity (Wildman–Crippen MR) is 83.4 cm³/mol. The lowest BCUT2D eigenvalue weighted by Gasteiger charge is -2.06. The van der Waals surface area contributed by atoms with Gasteiger partial charge in [-0.3, -0.25) is 0 Å². The Balaban J connectivity index is 2.30. The number of thiazole rings is 1. The van der Waals surface area contributed by atoms with Crippen molar-refractivity contribution in [1.82, 2.24) is 4.98 Å². The van der Waals surface area contributed by atoms with Crippen molar-refractivity contribution < 1.29 is 14.6 Å². The second-order valence-corrected chi connectivity index (χ2v) is 6.36. The van der Waals surface area contributed by atoms with E-state index in [9.17, 15) is 9.90 Å². The van der Waals surface area contributed by atoms with Crippen LogP contribution in [0.3, 0.4) is 0 Å². The fourth-order valence-corrected chi connectivity index (χ4v) is 3.13. The first-order chi connectivity index (χ1) is 10.0. The molecule has 1 aromatic heterocycles. The molecule has 0 radical (unpaired) electrons. The van der Waals surface area contributed by atoms with Gasteiger partial charge in [-0.2, -0.15) is 0 Å². The van der Waals surface area contributed by atoms with Gasteiger partial charge in [-0.25, -0.2) is 9.78 Å². The molecule has 0 fully saturated rings. The minimum atomic E-state index is -0.894. The number of ether oxygens (including phenoxy) is 1. The highest BCUT2D eigenvalue weighted by atomic mass is 32.1. The molecule has 21 heavy (non-hydrogen) atoms. The molecule has 0 aliphatic carbocycles. The van der Waals surface area contributed by atoms with Crippen molar-refractivity contribution in [2.45, 2.75) is 26.7 Å². The molecule has 0 aliphatic rings. The van der Waals surface area contributed by atoms with Crippen LogP contribution in [0.2, 0.25) is 0 Å². The van der Waals surface area contributed by atoms with Crippen molar-refractivity contribution in [3.05, 3.63) is 45.4 Å². The monoisotopic (exact) mass is 305 g/mol. The maximum Gasteiger partial charge on any atom is 0.347 e. The van der Waals surface area contributed by atoms with Crippen molar-refractivity contribution in [3.63, 3.8) is 0 Å². The Morgan fingerprint density at radius 2 is 2.10 bits per heavy atom. The van der Waals surface area contributed by atoms with Crippen LogP contribution in [0.25, 0.3) is 0 Å². The van der Waals surface area contributed by atoms with Crippen LogP contribution in [0.4, 0.5) is 0 Å². The van der Waals surface area contributed by atoms with Gasteiger partial charge in [0, 0.05) is 12.0 Å². The van der Waals surface area contributed by atoms with Crippen LogP contribution in [0, 0.1) is 5.92 Å². The molecule has 1 heterocycles. The van der Waals surface area contributed by atoms with E-state index in [0.717, 1.165) is 16.3 Å². The van der Waals surface area contributed by atoms with E-state index in [1.54, 1.807) is 7.11 Å². The smallest absolute Gasteiger partial charge is 0.347 e. The normalized spacial score (nSPS) is 10.9. The molecule has 0 saturated heterocycles. The minimum Gasteiger partial charge on any atom is -0.496 e. The van der Waals surface area contributed by atoms with Gasteiger partial charge in [0.25, 0.3) is 0 Å². The standard InChI is InChI=1S/C16H19NO3S/c1-10(2)8-12-15(16(18)19)21-14(17-12)9-11-6-4-5-7-13(11)20-3/h4-7,10H,8-9H2,1-3H3,(H,18,19). The molecule has 0 amide bonds. The highest BCUT2D eigenvalue weighted by Crippen LogP contribution is 2.26. The summed E-state index contributed by atoms with van der Waals surface area (Å²) in [7, 11) is 1.63. The second-order valence-electron chi connectivity index (χ2n) is 5.28. The van der Waals surface area contributed by atoms with Gasteiger partial charge in [0.15, 0.2) is 0 Å². The fourth-order valence-electron chi connectivity index (χ4n) is 2.18. The van der Waals surface area contributed by atoms with Crippen molar-refractivity contribution >= 4 is 17.3 Å². The lowest BCUT2D eigenvalue weighted by Crippen LogP contribution is -2.02. The Kier molecular flexibility index (Phi) is 4.96. The Labute approximate surface area is 128 Å². The molecule has 0 aliphatic heterocycles. The number of hydrogen-bond acceptors (Lipinski definition) is 4. The number of carboxylic acids is 1. The van der Waals surface area contributed by atoms with Gasteiger partial charge in [0.05, 0.1) is 17.8 Å². The van der Waals surface area contributed by atoms with E-state index in [1.807, 2.05) is 24.3 Å². The summed E-state index contributed by atoms with van der Waals surface area (Å²) in [6, 6.07) is 7.73. The zero-order valence-corrected chi connectivity index (χ0v) is 13.2. The first-order valence-electron chi connectivity index (χ1n) is 6.85. The number of nitrogens with zero attached hydrogens (tertiary/aromatic N) is 1. The lowest BCUT2D eigenvalue weighted by atomic mass is 10.1. The van der Waals surface area contributed by atoms with Crippen LogP contribution >= 0.6 is 11.3 Å². The minimum absolute atomic E-state index is 0.355. The van der Waals surface area contributed by atoms with E-state index < -0.39 is 5.97 Å². The summed E-state index contributed by atoms with van der Waals surface area (Å²) in [6.45, 7) is 4.12. The van der Waals surface area contributed by atoms with Gasteiger partial charge in [-0.1, -0.05) is 32.0 Å². The number of carboxylic acid groups (broad SMARTS) is 1. The maximum absolute atomic E-state index is 11.3. The molecule has 0 atom stereocenters. The zero-order valence-electron chi connectivity index (χ0n) is 12.4. The van der Waals surface area contributed by atoms with E-state index in [1.165, 1.54) is 11.3 Å². The lowest BCUT2D eigenvalue weighted by molar-refractivity contribution is 0.0700. The number of rotatable bonds is 6. The summed E-state index contributed by atoms with van der Waals surface area (Å²) in [6.07, 6.45) is 1.27. The Bertz CT molecular complexity index is 634. The Morgan fingerprint density at radius 1 is 1.38 bits per heavy atom. The molecule has 1 aromatic carbocycles. The topological polar surface area (TPSA) is 59.4 Å². The molecule has 0 bridgehead atoms. The molecule has 5 heteroatoms. The summed E-state index contributed by atoms with van der Waals surface area (Å²) in [5, 5.41) is 10.1. The summed E-state index contributed by atoms with van der Waals surface area (Å²) >= 11 is 1.26. The fraction of sp³-hybridized carbons (Fsp3) is 0.375. The van der Waals surface area contributed by atoms with Crippen LogP contribution in [-0.4, -0.2) is 23.2 Å². The third-order valence-corrected chi connectivity index (χ3v) is 4.16. The molecule has 0 saturated carbocycles. The van der Waals surface area contributed by atoms with Crippen LogP contribution < -0.4 is 4.74 Å². The number of aromatic carboxylic acids is 1. The van der Waals surface area contributed by atoms with Gasteiger partial charge >= 0.3 is 5.97 Å². The van der Waals surface area contributed by atoms with Gasteiger partial charge < -0.3 is 9.84 Å². The van der Waals surface area contributed by atoms with Crippen molar-refractivity contribution in [1.29, 1.82) is 0 Å². The van der Waals surface area contributed by atoms with Crippen LogP contribution in [0.15, 0.2) is 24.3 Å². The van der Waals surface area contributed by atoms with E-state index >= 15 is 0 Å². The summed E-state index contributed by atoms with van der Waals surface area (Å²) < 4.78 is 5.33. The Hall–Kier alpha value is -1.88. The highest BCUT2D eigenvalue weighted by molar-refractivity contribution is 7.13. The molecule has 2 aromatic rings. The van der Waals surface area contributed by atoms with E-state index in [0.29, 0.717) is 29.3 Å². The predicted octanol–water partition coefficient (Wildman–Crippen LogP) is 3.64. The molecule has 4 nitrogen and oxygen atoms in total. The summed E-state index contributed by atoms with van der Waals surface area (Å²) in [5.74, 6) is 0.286. The molecule has 2 rings (SSSR count). The number of methoxy groups -OCH3 is 1. The third-order valence-electron chi connectivity index (χ3n) is 3.07. The molecule has 1 N–H and O–H groups in total. The average molecular weight is 305 g/mol. The average Bonchev–Trinajstić information content (AvgIpc) is 2.81. The van der Waals surface area contributed by atoms with E-state index in [4.69, 9.17) is 4.74 Å². The van der Waals surface area contributed by atoms with Crippen molar-refractivity contribution in [2.24, 2.45) is 5.92 Å². The van der Waals surface area contributed by atoms with Gasteiger partial charge in [-0.05, 0) is 18.4 Å². The molecular formula is C16H19NO3S. The zero-order chi connectivity index (χ0) is 15.4. The van der Waals surface area contributed by atoms with E-state index in [-0.39, 0.29) is 0 Å². The molecular weight excluding hydrogens is 286 g/mol.